The third-order valence-corrected chi connectivity index (χ3v) is 7.52. The second-order valence-corrected chi connectivity index (χ2v) is 9.93. The summed E-state index contributed by atoms with van der Waals surface area (Å²) in [4.78, 5) is 0. The Morgan fingerprint density at radius 1 is 0.684 bits per heavy atom. The number of para-hydroxylation sites is 1. The van der Waals surface area contributed by atoms with Crippen LogP contribution in [0.2, 0.25) is 0 Å². The standard InChI is InChI=1S/C33H22IN3O/c34-32-29-22-31(38-28-19-11-4-12-20-28)24(23-35)21-30(29)37(36-32)33(25-13-5-1-6-14-25,26-15-7-2-8-16-26)27-17-9-3-10-18-27/h1-22H. The summed E-state index contributed by atoms with van der Waals surface area (Å²) in [5, 5.41) is 16.2. The van der Waals surface area contributed by atoms with E-state index < -0.39 is 5.54 Å². The minimum atomic E-state index is -0.778. The molecular formula is C33H22IN3O. The van der Waals surface area contributed by atoms with E-state index in [0.29, 0.717) is 17.1 Å². The smallest absolute Gasteiger partial charge is 0.146 e. The fourth-order valence-electron chi connectivity index (χ4n) is 5.05. The van der Waals surface area contributed by atoms with Crippen LogP contribution in [0, 0.1) is 15.0 Å². The van der Waals surface area contributed by atoms with Crippen molar-refractivity contribution in [2.24, 2.45) is 0 Å². The van der Waals surface area contributed by atoms with Crippen molar-refractivity contribution < 1.29 is 4.74 Å². The van der Waals surface area contributed by atoms with Crippen molar-refractivity contribution in [2.45, 2.75) is 5.54 Å². The first-order valence-corrected chi connectivity index (χ1v) is 13.3. The predicted octanol–water partition coefficient (Wildman–Crippen LogP) is 8.15. The number of hydrogen-bond acceptors (Lipinski definition) is 3. The fraction of sp³-hybridized carbons (Fsp3) is 0.0303. The molecule has 0 aliphatic rings. The molecule has 5 heteroatoms. The van der Waals surface area contributed by atoms with E-state index in [1.54, 1.807) is 0 Å². The van der Waals surface area contributed by atoms with Crippen LogP contribution in [0.1, 0.15) is 22.3 Å². The number of benzene rings is 5. The number of nitriles is 1. The Bertz CT molecular complexity index is 1650. The summed E-state index contributed by atoms with van der Waals surface area (Å²) in [6, 6.07) is 46.9. The Morgan fingerprint density at radius 2 is 1.16 bits per heavy atom. The van der Waals surface area contributed by atoms with E-state index >= 15 is 0 Å². The molecule has 0 atom stereocenters. The van der Waals surface area contributed by atoms with Crippen LogP contribution in [0.3, 0.4) is 0 Å². The average Bonchev–Trinajstić information content (AvgIpc) is 3.30. The van der Waals surface area contributed by atoms with E-state index in [0.717, 1.165) is 31.3 Å². The summed E-state index contributed by atoms with van der Waals surface area (Å²) in [6.07, 6.45) is 0. The van der Waals surface area contributed by atoms with Crippen molar-refractivity contribution in [3.63, 3.8) is 0 Å². The molecule has 0 aliphatic heterocycles. The maximum Gasteiger partial charge on any atom is 0.146 e. The lowest BCUT2D eigenvalue weighted by molar-refractivity contribution is 0.472. The lowest BCUT2D eigenvalue weighted by atomic mass is 9.77. The van der Waals surface area contributed by atoms with Gasteiger partial charge in [0.15, 0.2) is 0 Å². The van der Waals surface area contributed by atoms with Crippen LogP contribution in [-0.4, -0.2) is 9.78 Å². The Balaban J connectivity index is 1.69. The third-order valence-electron chi connectivity index (χ3n) is 6.72. The van der Waals surface area contributed by atoms with Gasteiger partial charge in [-0.25, -0.2) is 4.68 Å². The Hall–Kier alpha value is -4.41. The zero-order valence-electron chi connectivity index (χ0n) is 20.3. The Labute approximate surface area is 234 Å². The number of ether oxygens (including phenoxy) is 1. The van der Waals surface area contributed by atoms with Crippen molar-refractivity contribution in [1.82, 2.24) is 9.78 Å². The second-order valence-electron chi connectivity index (χ2n) is 8.90. The van der Waals surface area contributed by atoms with Gasteiger partial charge >= 0.3 is 0 Å². The van der Waals surface area contributed by atoms with Gasteiger partial charge in [-0.15, -0.1) is 0 Å². The number of nitrogens with zero attached hydrogens (tertiary/aromatic N) is 3. The monoisotopic (exact) mass is 603 g/mol. The van der Waals surface area contributed by atoms with Gasteiger partial charge in [0.2, 0.25) is 0 Å². The maximum atomic E-state index is 10.1. The van der Waals surface area contributed by atoms with Crippen LogP contribution in [-0.2, 0) is 5.54 Å². The summed E-state index contributed by atoms with van der Waals surface area (Å²) < 4.78 is 9.04. The summed E-state index contributed by atoms with van der Waals surface area (Å²) in [7, 11) is 0. The molecule has 0 amide bonds. The molecule has 0 aliphatic carbocycles. The third kappa shape index (κ3) is 4.04. The number of fused-ring (bicyclic) bond motifs is 1. The minimum Gasteiger partial charge on any atom is -0.456 e. The molecule has 6 aromatic rings. The first-order chi connectivity index (χ1) is 18.7. The van der Waals surface area contributed by atoms with E-state index in [1.807, 2.05) is 60.7 Å². The van der Waals surface area contributed by atoms with Gasteiger partial charge in [-0.1, -0.05) is 109 Å². The molecule has 1 heterocycles. The van der Waals surface area contributed by atoms with Gasteiger partial charge in [0.25, 0.3) is 0 Å². The minimum absolute atomic E-state index is 0.446. The summed E-state index contributed by atoms with van der Waals surface area (Å²) in [6.45, 7) is 0. The highest BCUT2D eigenvalue weighted by Gasteiger charge is 2.41. The maximum absolute atomic E-state index is 10.1. The van der Waals surface area contributed by atoms with Gasteiger partial charge in [0.1, 0.15) is 26.8 Å². The quantitative estimate of drug-likeness (QED) is 0.143. The number of rotatable bonds is 6. The summed E-state index contributed by atoms with van der Waals surface area (Å²) >= 11 is 2.28. The molecule has 0 spiro atoms. The van der Waals surface area contributed by atoms with Gasteiger partial charge in [-0.2, -0.15) is 10.4 Å². The molecular weight excluding hydrogens is 581 g/mol. The first kappa shape index (κ1) is 24.0. The summed E-state index contributed by atoms with van der Waals surface area (Å²) in [5.74, 6) is 1.19. The molecule has 0 fully saturated rings. The molecule has 38 heavy (non-hydrogen) atoms. The van der Waals surface area contributed by atoms with Crippen molar-refractivity contribution in [1.29, 1.82) is 5.26 Å². The van der Waals surface area contributed by atoms with E-state index in [2.05, 4.69) is 106 Å². The number of hydrogen-bond donors (Lipinski definition) is 0. The lowest BCUT2D eigenvalue weighted by Crippen LogP contribution is -2.38. The van der Waals surface area contributed by atoms with Gasteiger partial charge in [0, 0.05) is 5.39 Å². The van der Waals surface area contributed by atoms with E-state index in [4.69, 9.17) is 9.84 Å². The van der Waals surface area contributed by atoms with Gasteiger partial charge in [-0.3, -0.25) is 0 Å². The normalized spacial score (nSPS) is 11.3. The molecule has 0 bridgehead atoms. The van der Waals surface area contributed by atoms with Crippen molar-refractivity contribution in [2.75, 3.05) is 0 Å². The van der Waals surface area contributed by atoms with Crippen LogP contribution in [0.15, 0.2) is 133 Å². The second kappa shape index (κ2) is 10.2. The zero-order valence-corrected chi connectivity index (χ0v) is 22.5. The molecule has 182 valence electrons. The van der Waals surface area contributed by atoms with E-state index in [1.165, 1.54) is 0 Å². The van der Waals surface area contributed by atoms with Gasteiger partial charge in [0.05, 0.1) is 11.1 Å². The molecule has 0 N–H and O–H groups in total. The van der Waals surface area contributed by atoms with Crippen LogP contribution in [0.5, 0.6) is 11.5 Å². The fourth-order valence-corrected chi connectivity index (χ4v) is 5.70. The van der Waals surface area contributed by atoms with Crippen LogP contribution >= 0.6 is 22.6 Å². The molecule has 4 nitrogen and oxygen atoms in total. The largest absolute Gasteiger partial charge is 0.456 e. The Morgan fingerprint density at radius 3 is 1.63 bits per heavy atom. The van der Waals surface area contributed by atoms with Crippen molar-refractivity contribution in [3.8, 4) is 17.6 Å². The molecule has 6 rings (SSSR count). The zero-order chi connectivity index (χ0) is 26.0. The molecule has 0 radical (unpaired) electrons. The van der Waals surface area contributed by atoms with Gasteiger partial charge < -0.3 is 4.74 Å². The molecule has 0 saturated heterocycles. The van der Waals surface area contributed by atoms with Crippen LogP contribution in [0.25, 0.3) is 10.9 Å². The van der Waals surface area contributed by atoms with Crippen LogP contribution in [0.4, 0.5) is 0 Å². The van der Waals surface area contributed by atoms with Crippen LogP contribution < -0.4 is 4.74 Å². The van der Waals surface area contributed by atoms with E-state index in [9.17, 15) is 5.26 Å². The first-order valence-electron chi connectivity index (χ1n) is 12.2. The van der Waals surface area contributed by atoms with E-state index in [-0.39, 0.29) is 0 Å². The molecule has 0 saturated carbocycles. The van der Waals surface area contributed by atoms with Crippen molar-refractivity contribution >= 4 is 33.5 Å². The lowest BCUT2D eigenvalue weighted by Gasteiger charge is -2.37. The molecule has 5 aromatic carbocycles. The summed E-state index contributed by atoms with van der Waals surface area (Å²) in [5.41, 5.74) is 3.73. The van der Waals surface area contributed by atoms with Crippen molar-refractivity contribution in [3.05, 3.63) is 159 Å². The average molecular weight is 603 g/mol. The Kier molecular flexibility index (Phi) is 6.40. The topological polar surface area (TPSA) is 50.8 Å². The number of aromatic nitrogens is 2. The SMILES string of the molecule is N#Cc1cc2c(cc1Oc1ccccc1)c(I)nn2C(c1ccccc1)(c1ccccc1)c1ccccc1. The highest BCUT2D eigenvalue weighted by Crippen LogP contribution is 2.44. The van der Waals surface area contributed by atoms with Gasteiger partial charge in [-0.05, 0) is 63.5 Å². The number of halogens is 1. The molecule has 1 aromatic heterocycles. The predicted molar refractivity (Wildman–Crippen MR) is 158 cm³/mol. The highest BCUT2D eigenvalue weighted by molar-refractivity contribution is 14.1. The molecule has 0 unspecified atom stereocenters. The highest BCUT2D eigenvalue weighted by atomic mass is 127.